The van der Waals surface area contributed by atoms with Crippen LogP contribution in [0.4, 0.5) is 0 Å². The number of unbranched alkanes of at least 4 members (excludes halogenated alkanes) is 24. The fraction of sp³-hybridized carbons (Fsp3) is 0.827. The van der Waals surface area contributed by atoms with Gasteiger partial charge in [0.2, 0.25) is 5.91 Å². The molecule has 0 aromatic heterocycles. The van der Waals surface area contributed by atoms with Crippen molar-refractivity contribution >= 4 is 5.91 Å². The van der Waals surface area contributed by atoms with Gasteiger partial charge in [-0.15, -0.1) is 0 Å². The highest BCUT2D eigenvalue weighted by atomic mass is 16.2. The summed E-state index contributed by atoms with van der Waals surface area (Å²) in [5.74, 6) is 0.704. The summed E-state index contributed by atoms with van der Waals surface area (Å²) >= 11 is 0. The fourth-order valence-corrected chi connectivity index (χ4v) is 7.58. The summed E-state index contributed by atoms with van der Waals surface area (Å²) in [4.78, 5) is 18.8. The lowest BCUT2D eigenvalue weighted by Crippen LogP contribution is -2.38. The highest BCUT2D eigenvalue weighted by Crippen LogP contribution is 2.23. The van der Waals surface area contributed by atoms with Crippen molar-refractivity contribution < 1.29 is 4.79 Å². The smallest absolute Gasteiger partial charge is 0.225 e. The van der Waals surface area contributed by atoms with Crippen LogP contribution in [-0.2, 0) is 4.79 Å². The van der Waals surface area contributed by atoms with Gasteiger partial charge in [-0.1, -0.05) is 198 Å². The van der Waals surface area contributed by atoms with Gasteiger partial charge in [0.05, 0.1) is 0 Å². The summed E-state index contributed by atoms with van der Waals surface area (Å²) in [5, 5.41) is 0. The first kappa shape index (κ1) is 53.4. The van der Waals surface area contributed by atoms with Crippen LogP contribution < -0.4 is 0 Å². The Morgan fingerprint density at radius 1 is 0.382 bits per heavy atom. The molecule has 0 rings (SSSR count). The lowest BCUT2D eigenvalue weighted by molar-refractivity contribution is -0.136. The van der Waals surface area contributed by atoms with Gasteiger partial charge in [-0.3, -0.25) is 4.79 Å². The average molecular weight is 767 g/mol. The van der Waals surface area contributed by atoms with Crippen molar-refractivity contribution in [3.63, 3.8) is 0 Å². The third-order valence-electron chi connectivity index (χ3n) is 11.2. The molecule has 0 saturated heterocycles. The molecule has 0 saturated carbocycles. The number of carbonyl (C=O) groups is 1. The molecule has 0 atom stereocenters. The number of amides is 1. The zero-order valence-corrected chi connectivity index (χ0v) is 38.2. The summed E-state index contributed by atoms with van der Waals surface area (Å²) in [7, 11) is 4.31. The summed E-state index contributed by atoms with van der Waals surface area (Å²) in [5.41, 5.74) is 0. The van der Waals surface area contributed by atoms with Gasteiger partial charge in [0.1, 0.15) is 0 Å². The Hall–Kier alpha value is -1.61. The van der Waals surface area contributed by atoms with Gasteiger partial charge in [-0.2, -0.15) is 0 Å². The molecular weight excluding hydrogens is 669 g/mol. The third-order valence-corrected chi connectivity index (χ3v) is 11.2. The lowest BCUT2D eigenvalue weighted by atomic mass is 9.92. The van der Waals surface area contributed by atoms with Crippen molar-refractivity contribution in [3.05, 3.63) is 48.6 Å². The van der Waals surface area contributed by atoms with Crippen LogP contribution in [0.3, 0.4) is 0 Å². The average Bonchev–Trinajstić information content (AvgIpc) is 3.18. The van der Waals surface area contributed by atoms with E-state index < -0.39 is 0 Å². The molecule has 3 heteroatoms. The van der Waals surface area contributed by atoms with Gasteiger partial charge in [-0.25, -0.2) is 0 Å². The molecule has 0 aliphatic heterocycles. The number of rotatable bonds is 43. The molecule has 0 bridgehead atoms. The topological polar surface area (TPSA) is 23.6 Å². The van der Waals surface area contributed by atoms with E-state index in [2.05, 4.69) is 93.3 Å². The Labute approximate surface area is 346 Å². The molecule has 0 fully saturated rings. The Balaban J connectivity index is 4.72. The zero-order chi connectivity index (χ0) is 40.1. The maximum Gasteiger partial charge on any atom is 0.225 e. The van der Waals surface area contributed by atoms with E-state index in [0.717, 1.165) is 51.7 Å². The molecule has 0 aromatic carbocycles. The molecule has 0 N–H and O–H groups in total. The standard InChI is InChI=1S/C52H98N2O/c1-6-9-12-15-18-20-22-24-26-28-30-32-34-36-39-42-46-51(47-43-40-37-35-33-31-29-27-25-23-21-19-16-13-10-7-2)52(55)54(50-45-48-53(4)5)49-44-41-38-17-14-11-8-3/h18-21,24-27,51H,6-17,22-23,28-50H2,1-5H3/b20-18-,21-19-,26-24-,27-25-. The minimum Gasteiger partial charge on any atom is -0.342 e. The van der Waals surface area contributed by atoms with Gasteiger partial charge >= 0.3 is 0 Å². The van der Waals surface area contributed by atoms with Gasteiger partial charge in [-0.05, 0) is 111 Å². The molecule has 55 heavy (non-hydrogen) atoms. The molecule has 3 nitrogen and oxygen atoms in total. The highest BCUT2D eigenvalue weighted by molar-refractivity contribution is 5.78. The second kappa shape index (κ2) is 45.1. The number of hydrogen-bond acceptors (Lipinski definition) is 2. The summed E-state index contributed by atoms with van der Waals surface area (Å²) in [6.45, 7) is 9.78. The molecular formula is C52H98N2O. The van der Waals surface area contributed by atoms with Crippen molar-refractivity contribution in [1.29, 1.82) is 0 Å². The number of hydrogen-bond donors (Lipinski definition) is 0. The Morgan fingerprint density at radius 3 is 1.13 bits per heavy atom. The zero-order valence-electron chi connectivity index (χ0n) is 38.2. The van der Waals surface area contributed by atoms with Gasteiger partial charge in [0.25, 0.3) is 0 Å². The third kappa shape index (κ3) is 40.4. The van der Waals surface area contributed by atoms with E-state index in [-0.39, 0.29) is 5.92 Å². The van der Waals surface area contributed by atoms with E-state index in [4.69, 9.17) is 0 Å². The molecule has 0 spiro atoms. The van der Waals surface area contributed by atoms with Gasteiger partial charge in [0.15, 0.2) is 0 Å². The minimum atomic E-state index is 0.223. The fourth-order valence-electron chi connectivity index (χ4n) is 7.58. The first-order valence-corrected chi connectivity index (χ1v) is 24.6. The summed E-state index contributed by atoms with van der Waals surface area (Å²) in [6.07, 6.45) is 61.9. The number of carbonyl (C=O) groups excluding carboxylic acids is 1. The van der Waals surface area contributed by atoms with Gasteiger partial charge in [0, 0.05) is 19.0 Å². The largest absolute Gasteiger partial charge is 0.342 e. The Bertz CT molecular complexity index is 838. The van der Waals surface area contributed by atoms with Crippen LogP contribution in [0.25, 0.3) is 0 Å². The molecule has 0 aliphatic rings. The van der Waals surface area contributed by atoms with Crippen LogP contribution in [0.2, 0.25) is 0 Å². The predicted molar refractivity (Wildman–Crippen MR) is 249 cm³/mol. The van der Waals surface area contributed by atoms with Crippen molar-refractivity contribution in [3.8, 4) is 0 Å². The second-order valence-electron chi connectivity index (χ2n) is 17.0. The van der Waals surface area contributed by atoms with Crippen molar-refractivity contribution in [1.82, 2.24) is 9.80 Å². The van der Waals surface area contributed by atoms with Gasteiger partial charge < -0.3 is 9.80 Å². The predicted octanol–water partition coefficient (Wildman–Crippen LogP) is 16.5. The van der Waals surface area contributed by atoms with Crippen molar-refractivity contribution in [2.75, 3.05) is 33.7 Å². The van der Waals surface area contributed by atoms with E-state index in [1.807, 2.05) is 0 Å². The molecule has 0 aromatic rings. The summed E-state index contributed by atoms with van der Waals surface area (Å²) < 4.78 is 0. The van der Waals surface area contributed by atoms with Crippen LogP contribution in [0.1, 0.15) is 239 Å². The van der Waals surface area contributed by atoms with Crippen molar-refractivity contribution in [2.45, 2.75) is 239 Å². The van der Waals surface area contributed by atoms with E-state index in [1.54, 1.807) is 0 Å². The second-order valence-corrected chi connectivity index (χ2v) is 17.0. The quantitative estimate of drug-likeness (QED) is 0.0456. The minimum absolute atomic E-state index is 0.223. The monoisotopic (exact) mass is 767 g/mol. The molecule has 0 unspecified atom stereocenters. The maximum absolute atomic E-state index is 14.2. The van der Waals surface area contributed by atoms with E-state index in [9.17, 15) is 4.79 Å². The molecule has 0 radical (unpaired) electrons. The molecule has 0 aliphatic carbocycles. The highest BCUT2D eigenvalue weighted by Gasteiger charge is 2.23. The SMILES string of the molecule is CCCCC/C=C\C/C=C\CCCCCCCCC(CCCCCCCC/C=C\C/C=C\CCCCC)C(=O)N(CCCCCCCCC)CCCN(C)C. The normalized spacial score (nSPS) is 12.3. The van der Waals surface area contributed by atoms with Crippen LogP contribution in [0, 0.1) is 5.92 Å². The van der Waals surface area contributed by atoms with Crippen LogP contribution >= 0.6 is 0 Å². The molecule has 322 valence electrons. The number of allylic oxidation sites excluding steroid dienone is 8. The number of nitrogens with zero attached hydrogens (tertiary/aromatic N) is 2. The van der Waals surface area contributed by atoms with E-state index in [1.165, 1.54) is 186 Å². The summed E-state index contributed by atoms with van der Waals surface area (Å²) in [6, 6.07) is 0. The molecule has 1 amide bonds. The van der Waals surface area contributed by atoms with Crippen LogP contribution in [0.15, 0.2) is 48.6 Å². The first-order chi connectivity index (χ1) is 27.1. The lowest BCUT2D eigenvalue weighted by Gasteiger charge is -2.28. The first-order valence-electron chi connectivity index (χ1n) is 24.6. The van der Waals surface area contributed by atoms with Crippen molar-refractivity contribution in [2.24, 2.45) is 5.92 Å². The van der Waals surface area contributed by atoms with Crippen LogP contribution in [0.5, 0.6) is 0 Å². The van der Waals surface area contributed by atoms with E-state index in [0.29, 0.717) is 5.91 Å². The molecule has 0 heterocycles. The Kier molecular flexibility index (Phi) is 43.8. The Morgan fingerprint density at radius 2 is 0.709 bits per heavy atom. The van der Waals surface area contributed by atoms with Crippen LogP contribution in [-0.4, -0.2) is 49.4 Å². The van der Waals surface area contributed by atoms with E-state index >= 15 is 0 Å². The maximum atomic E-state index is 14.2.